The lowest BCUT2D eigenvalue weighted by molar-refractivity contribution is -0.137. The Hall–Kier alpha value is -2.56. The van der Waals surface area contributed by atoms with Gasteiger partial charge in [-0.15, -0.1) is 10.2 Å². The Morgan fingerprint density at radius 2 is 1.93 bits per heavy atom. The fourth-order valence-electron chi connectivity index (χ4n) is 2.60. The maximum absolute atomic E-state index is 12.9. The van der Waals surface area contributed by atoms with Crippen molar-refractivity contribution in [1.29, 1.82) is 0 Å². The number of nitrogens with one attached hydrogen (secondary N) is 1. The minimum absolute atomic E-state index is 0.0630. The van der Waals surface area contributed by atoms with Crippen molar-refractivity contribution in [3.63, 3.8) is 0 Å². The molecule has 1 aromatic carbocycles. The number of carbonyl (C=O) groups excluding carboxylic acids is 2. The van der Waals surface area contributed by atoms with Gasteiger partial charge in [-0.05, 0) is 31.0 Å². The van der Waals surface area contributed by atoms with Gasteiger partial charge in [0.2, 0.25) is 11.8 Å². The fraction of sp³-hybridized carbons (Fsp3) is 0.474. The quantitative estimate of drug-likeness (QED) is 0.578. The third-order valence-electron chi connectivity index (χ3n) is 4.05. The van der Waals surface area contributed by atoms with Crippen LogP contribution in [-0.4, -0.2) is 31.8 Å². The number of halogens is 3. The maximum atomic E-state index is 12.9. The number of primary amides is 1. The lowest BCUT2D eigenvalue weighted by Crippen LogP contribution is -2.23. The SMILES string of the molecule is CC(C)Cn1c(CCC(N)=O)nnc1SC(C)C(=O)Nc1cccc(C(F)(F)F)c1. The van der Waals surface area contributed by atoms with Gasteiger partial charge in [-0.25, -0.2) is 0 Å². The normalized spacial score (nSPS) is 12.8. The van der Waals surface area contributed by atoms with Gasteiger partial charge in [0.15, 0.2) is 5.16 Å². The number of nitrogens with two attached hydrogens (primary N) is 1. The van der Waals surface area contributed by atoms with Crippen LogP contribution in [0, 0.1) is 5.92 Å². The van der Waals surface area contributed by atoms with Crippen molar-refractivity contribution in [1.82, 2.24) is 14.8 Å². The number of hydrogen-bond acceptors (Lipinski definition) is 5. The summed E-state index contributed by atoms with van der Waals surface area (Å²) >= 11 is 1.14. The summed E-state index contributed by atoms with van der Waals surface area (Å²) in [7, 11) is 0. The molecule has 1 atom stereocenters. The topological polar surface area (TPSA) is 103 Å². The fourth-order valence-corrected chi connectivity index (χ4v) is 3.48. The Morgan fingerprint density at radius 1 is 1.23 bits per heavy atom. The van der Waals surface area contributed by atoms with Gasteiger partial charge in [0.1, 0.15) is 5.82 Å². The molecule has 0 saturated heterocycles. The van der Waals surface area contributed by atoms with E-state index in [-0.39, 0.29) is 18.0 Å². The molecule has 0 spiro atoms. The molecule has 2 rings (SSSR count). The molecule has 0 radical (unpaired) electrons. The lowest BCUT2D eigenvalue weighted by Gasteiger charge is -2.15. The Morgan fingerprint density at radius 3 is 2.53 bits per heavy atom. The van der Waals surface area contributed by atoms with Gasteiger partial charge in [0, 0.05) is 25.1 Å². The van der Waals surface area contributed by atoms with E-state index in [2.05, 4.69) is 15.5 Å². The zero-order chi connectivity index (χ0) is 22.5. The maximum Gasteiger partial charge on any atom is 0.416 e. The minimum atomic E-state index is -4.49. The second-order valence-electron chi connectivity index (χ2n) is 7.20. The zero-order valence-corrected chi connectivity index (χ0v) is 17.7. The highest BCUT2D eigenvalue weighted by atomic mass is 32.2. The molecule has 7 nitrogen and oxygen atoms in total. The lowest BCUT2D eigenvalue weighted by atomic mass is 10.2. The van der Waals surface area contributed by atoms with E-state index in [0.717, 1.165) is 23.9 Å². The molecule has 0 saturated carbocycles. The van der Waals surface area contributed by atoms with Crippen LogP contribution in [0.25, 0.3) is 0 Å². The van der Waals surface area contributed by atoms with Crippen LogP contribution in [0.4, 0.5) is 18.9 Å². The number of anilines is 1. The first-order valence-electron chi connectivity index (χ1n) is 9.32. The summed E-state index contributed by atoms with van der Waals surface area (Å²) in [6.45, 7) is 6.24. The number of aromatic nitrogens is 3. The number of rotatable bonds is 9. The van der Waals surface area contributed by atoms with E-state index < -0.39 is 28.8 Å². The largest absolute Gasteiger partial charge is 0.416 e. The van der Waals surface area contributed by atoms with Crippen molar-refractivity contribution < 1.29 is 22.8 Å². The Bertz CT molecular complexity index is 899. The van der Waals surface area contributed by atoms with E-state index in [4.69, 9.17) is 5.73 Å². The molecule has 2 aromatic rings. The molecule has 3 N–H and O–H groups in total. The minimum Gasteiger partial charge on any atom is -0.370 e. The third-order valence-corrected chi connectivity index (χ3v) is 5.13. The molecule has 2 amide bonds. The summed E-state index contributed by atoms with van der Waals surface area (Å²) in [5, 5.41) is 10.6. The second-order valence-corrected chi connectivity index (χ2v) is 8.51. The second kappa shape index (κ2) is 9.96. The van der Waals surface area contributed by atoms with E-state index >= 15 is 0 Å². The average Bonchev–Trinajstić information content (AvgIpc) is 3.00. The van der Waals surface area contributed by atoms with E-state index in [1.54, 1.807) is 6.92 Å². The van der Waals surface area contributed by atoms with Crippen LogP contribution in [0.3, 0.4) is 0 Å². The third kappa shape index (κ3) is 6.75. The van der Waals surface area contributed by atoms with Gasteiger partial charge in [-0.3, -0.25) is 9.59 Å². The molecule has 0 aliphatic carbocycles. The first-order valence-corrected chi connectivity index (χ1v) is 10.2. The molecular weight excluding hydrogens is 419 g/mol. The summed E-state index contributed by atoms with van der Waals surface area (Å²) < 4.78 is 40.4. The number of hydrogen-bond donors (Lipinski definition) is 2. The molecule has 11 heteroatoms. The van der Waals surface area contributed by atoms with Crippen molar-refractivity contribution in [2.24, 2.45) is 11.7 Å². The molecule has 0 fully saturated rings. The summed E-state index contributed by atoms with van der Waals surface area (Å²) in [6, 6.07) is 4.46. The van der Waals surface area contributed by atoms with Crippen LogP contribution in [0.15, 0.2) is 29.4 Å². The summed E-state index contributed by atoms with van der Waals surface area (Å²) in [4.78, 5) is 23.6. The van der Waals surface area contributed by atoms with Gasteiger partial charge >= 0.3 is 6.18 Å². The number of carbonyl (C=O) groups is 2. The van der Waals surface area contributed by atoms with Crippen molar-refractivity contribution >= 4 is 29.3 Å². The Labute approximate surface area is 176 Å². The van der Waals surface area contributed by atoms with Crippen molar-refractivity contribution in [2.45, 2.75) is 56.7 Å². The zero-order valence-electron chi connectivity index (χ0n) is 16.9. The summed E-state index contributed by atoms with van der Waals surface area (Å²) in [6.07, 6.45) is -4.03. The molecule has 0 aliphatic heterocycles. The van der Waals surface area contributed by atoms with Crippen LogP contribution in [0.5, 0.6) is 0 Å². The number of aryl methyl sites for hydroxylation is 1. The number of thioether (sulfide) groups is 1. The molecule has 1 aromatic heterocycles. The smallest absolute Gasteiger partial charge is 0.370 e. The molecule has 164 valence electrons. The standard InChI is InChI=1S/C19H24F3N5O2S/c1-11(2)10-27-16(8-7-15(23)28)25-26-18(27)30-12(3)17(29)24-14-6-4-5-13(9-14)19(20,21)22/h4-6,9,11-12H,7-8,10H2,1-3H3,(H2,23,28)(H,24,29). The highest BCUT2D eigenvalue weighted by molar-refractivity contribution is 8.00. The van der Waals surface area contributed by atoms with Gasteiger partial charge in [-0.2, -0.15) is 13.2 Å². The Kier molecular flexibility index (Phi) is 7.88. The molecule has 1 heterocycles. The van der Waals surface area contributed by atoms with Crippen molar-refractivity contribution in [3.8, 4) is 0 Å². The number of alkyl halides is 3. The first kappa shape index (κ1) is 23.7. The summed E-state index contributed by atoms with van der Waals surface area (Å²) in [5.41, 5.74) is 4.43. The molecule has 0 aliphatic rings. The van der Waals surface area contributed by atoms with Gasteiger partial charge in [0.05, 0.1) is 10.8 Å². The van der Waals surface area contributed by atoms with E-state index in [1.165, 1.54) is 12.1 Å². The van der Waals surface area contributed by atoms with Crippen LogP contribution in [0.2, 0.25) is 0 Å². The van der Waals surface area contributed by atoms with Gasteiger partial charge in [-0.1, -0.05) is 31.7 Å². The van der Waals surface area contributed by atoms with Gasteiger partial charge in [0.25, 0.3) is 0 Å². The monoisotopic (exact) mass is 443 g/mol. The van der Waals surface area contributed by atoms with E-state index in [1.807, 2.05) is 18.4 Å². The van der Waals surface area contributed by atoms with E-state index in [9.17, 15) is 22.8 Å². The van der Waals surface area contributed by atoms with Crippen LogP contribution in [0.1, 0.15) is 38.6 Å². The predicted molar refractivity (Wildman–Crippen MR) is 108 cm³/mol. The Balaban J connectivity index is 2.12. The highest BCUT2D eigenvalue weighted by Gasteiger charge is 2.30. The van der Waals surface area contributed by atoms with Crippen LogP contribution in [-0.2, 0) is 28.7 Å². The number of amides is 2. The molecular formula is C19H24F3N5O2S. The average molecular weight is 443 g/mol. The van der Waals surface area contributed by atoms with E-state index in [0.29, 0.717) is 23.9 Å². The van der Waals surface area contributed by atoms with Crippen LogP contribution >= 0.6 is 11.8 Å². The first-order chi connectivity index (χ1) is 14.0. The predicted octanol–water partition coefficient (Wildman–Crippen LogP) is 3.49. The number of nitrogens with zero attached hydrogens (tertiary/aromatic N) is 3. The van der Waals surface area contributed by atoms with Crippen LogP contribution < -0.4 is 11.1 Å². The molecule has 0 bridgehead atoms. The number of benzene rings is 1. The highest BCUT2D eigenvalue weighted by Crippen LogP contribution is 2.31. The van der Waals surface area contributed by atoms with Gasteiger partial charge < -0.3 is 15.6 Å². The van der Waals surface area contributed by atoms with Crippen molar-refractivity contribution in [3.05, 3.63) is 35.7 Å². The summed E-state index contributed by atoms with van der Waals surface area (Å²) in [5.74, 6) is -0.0494. The molecule has 1 unspecified atom stereocenters. The molecule has 30 heavy (non-hydrogen) atoms. The van der Waals surface area contributed by atoms with Crippen molar-refractivity contribution in [2.75, 3.05) is 5.32 Å².